The number of benzene rings is 2. The first-order valence-corrected chi connectivity index (χ1v) is 9.48. The number of nitrogens with zero attached hydrogens (tertiary/aromatic N) is 2. The number of thiazole rings is 1. The van der Waals surface area contributed by atoms with Gasteiger partial charge in [-0.1, -0.05) is 61.9 Å². The summed E-state index contributed by atoms with van der Waals surface area (Å²) in [5, 5.41) is 0.680. The Hall–Kier alpha value is -1.91. The second-order valence-electron chi connectivity index (χ2n) is 6.96. The lowest BCUT2D eigenvalue weighted by Crippen LogP contribution is -2.16. The molecular formula is C20H21ClN2OS. The van der Waals surface area contributed by atoms with Crippen LogP contribution in [0.5, 0.6) is 0 Å². The minimum atomic E-state index is -0.231. The molecule has 0 aliphatic rings. The van der Waals surface area contributed by atoms with Crippen molar-refractivity contribution in [1.82, 2.24) is 4.57 Å². The van der Waals surface area contributed by atoms with E-state index in [1.165, 1.54) is 16.9 Å². The summed E-state index contributed by atoms with van der Waals surface area (Å²) >= 11 is 7.81. The second-order valence-corrected chi connectivity index (χ2v) is 8.38. The Morgan fingerprint density at radius 2 is 1.84 bits per heavy atom. The van der Waals surface area contributed by atoms with E-state index in [-0.39, 0.29) is 11.3 Å². The molecule has 0 aliphatic carbocycles. The van der Waals surface area contributed by atoms with Crippen LogP contribution in [0.4, 0.5) is 0 Å². The van der Waals surface area contributed by atoms with Gasteiger partial charge in [-0.2, -0.15) is 4.99 Å². The molecule has 3 rings (SSSR count). The largest absolute Gasteiger partial charge is 0.315 e. The van der Waals surface area contributed by atoms with E-state index in [4.69, 9.17) is 11.6 Å². The van der Waals surface area contributed by atoms with Gasteiger partial charge in [0.25, 0.3) is 5.91 Å². The number of para-hydroxylation sites is 1. The van der Waals surface area contributed by atoms with E-state index in [1.807, 2.05) is 54.0 Å². The smallest absolute Gasteiger partial charge is 0.279 e. The van der Waals surface area contributed by atoms with Crippen molar-refractivity contribution in [2.75, 3.05) is 0 Å². The molecule has 0 atom stereocenters. The van der Waals surface area contributed by atoms with Crippen LogP contribution in [0.25, 0.3) is 10.2 Å². The van der Waals surface area contributed by atoms with Gasteiger partial charge in [0, 0.05) is 12.1 Å². The highest BCUT2D eigenvalue weighted by atomic mass is 35.5. The molecule has 0 fully saturated rings. The van der Waals surface area contributed by atoms with Gasteiger partial charge in [-0.3, -0.25) is 4.79 Å². The maximum Gasteiger partial charge on any atom is 0.279 e. The molecule has 0 N–H and O–H groups in total. The second kappa shape index (κ2) is 6.77. The van der Waals surface area contributed by atoms with Gasteiger partial charge >= 0.3 is 0 Å². The van der Waals surface area contributed by atoms with Crippen LogP contribution in [-0.2, 0) is 12.0 Å². The minimum absolute atomic E-state index is 0.0617. The number of fused-ring (bicyclic) bond motifs is 1. The van der Waals surface area contributed by atoms with Crippen LogP contribution in [0, 0.1) is 0 Å². The normalized spacial score (nSPS) is 12.8. The van der Waals surface area contributed by atoms with Crippen LogP contribution in [-0.4, -0.2) is 10.5 Å². The van der Waals surface area contributed by atoms with Gasteiger partial charge in [0.15, 0.2) is 4.80 Å². The molecule has 1 amide bonds. The molecule has 130 valence electrons. The molecule has 0 saturated heterocycles. The summed E-state index contributed by atoms with van der Waals surface area (Å²) < 4.78 is 3.02. The summed E-state index contributed by atoms with van der Waals surface area (Å²) in [6.07, 6.45) is 0. The molecule has 1 heterocycles. The highest BCUT2D eigenvalue weighted by Gasteiger charge is 2.15. The highest BCUT2D eigenvalue weighted by Crippen LogP contribution is 2.25. The predicted octanol–water partition coefficient (Wildman–Crippen LogP) is 5.41. The minimum Gasteiger partial charge on any atom is -0.315 e. The Morgan fingerprint density at radius 1 is 1.16 bits per heavy atom. The first-order chi connectivity index (χ1) is 11.8. The van der Waals surface area contributed by atoms with Crippen molar-refractivity contribution in [1.29, 1.82) is 0 Å². The Morgan fingerprint density at radius 3 is 2.44 bits per heavy atom. The average molecular weight is 373 g/mol. The Labute approximate surface area is 156 Å². The highest BCUT2D eigenvalue weighted by molar-refractivity contribution is 7.16. The van der Waals surface area contributed by atoms with Crippen molar-refractivity contribution in [2.24, 2.45) is 4.99 Å². The zero-order valence-electron chi connectivity index (χ0n) is 14.8. The number of halogens is 1. The predicted molar refractivity (Wildman–Crippen MR) is 106 cm³/mol. The summed E-state index contributed by atoms with van der Waals surface area (Å²) in [6, 6.07) is 13.5. The molecule has 3 nitrogen and oxygen atoms in total. The van der Waals surface area contributed by atoms with E-state index in [9.17, 15) is 4.79 Å². The molecule has 0 aliphatic heterocycles. The van der Waals surface area contributed by atoms with Crippen LogP contribution in [0.2, 0.25) is 5.02 Å². The number of hydrogen-bond donors (Lipinski definition) is 0. The topological polar surface area (TPSA) is 34.4 Å². The molecule has 5 heteroatoms. The van der Waals surface area contributed by atoms with Gasteiger partial charge in [-0.25, -0.2) is 0 Å². The van der Waals surface area contributed by atoms with Gasteiger partial charge in [-0.15, -0.1) is 0 Å². The van der Waals surface area contributed by atoms with Crippen LogP contribution in [0.15, 0.2) is 47.5 Å². The van der Waals surface area contributed by atoms with Crippen LogP contribution >= 0.6 is 22.9 Å². The fourth-order valence-electron chi connectivity index (χ4n) is 2.73. The Bertz CT molecular complexity index is 991. The molecule has 0 radical (unpaired) electrons. The van der Waals surface area contributed by atoms with Gasteiger partial charge < -0.3 is 4.57 Å². The zero-order chi connectivity index (χ0) is 18.2. The number of carbonyl (C=O) groups excluding carboxylic acids is 1. The van der Waals surface area contributed by atoms with E-state index >= 15 is 0 Å². The molecule has 0 saturated carbocycles. The maximum atomic E-state index is 12.6. The van der Waals surface area contributed by atoms with Crippen molar-refractivity contribution in [3.8, 4) is 0 Å². The molecule has 2 aromatic carbocycles. The SMILES string of the molecule is CCn1c(=NC(=O)c2ccc(C(C)(C)C)cc2)sc2cccc(Cl)c21. The van der Waals surface area contributed by atoms with Crippen LogP contribution in [0.1, 0.15) is 43.6 Å². The monoisotopic (exact) mass is 372 g/mol. The van der Waals surface area contributed by atoms with Gasteiger partial charge in [-0.05, 0) is 42.2 Å². The van der Waals surface area contributed by atoms with E-state index in [1.54, 1.807) is 0 Å². The van der Waals surface area contributed by atoms with E-state index in [0.717, 1.165) is 10.2 Å². The van der Waals surface area contributed by atoms with E-state index < -0.39 is 0 Å². The molecule has 1 aromatic heterocycles. The lowest BCUT2D eigenvalue weighted by atomic mass is 9.87. The number of hydrogen-bond acceptors (Lipinski definition) is 2. The molecule has 3 aromatic rings. The number of amides is 1. The van der Waals surface area contributed by atoms with Crippen molar-refractivity contribution in [2.45, 2.75) is 39.7 Å². The molecular weight excluding hydrogens is 352 g/mol. The third kappa shape index (κ3) is 3.55. The van der Waals surface area contributed by atoms with Gasteiger partial charge in [0.1, 0.15) is 0 Å². The quantitative estimate of drug-likeness (QED) is 0.591. The Kier molecular flexibility index (Phi) is 4.85. The molecule has 0 bridgehead atoms. The lowest BCUT2D eigenvalue weighted by molar-refractivity contribution is 0.0998. The lowest BCUT2D eigenvalue weighted by Gasteiger charge is -2.18. The standard InChI is InChI=1S/C20H21ClN2OS/c1-5-23-17-15(21)7-6-8-16(17)25-19(23)22-18(24)13-9-11-14(12-10-13)20(2,3)4/h6-12H,5H2,1-4H3. The summed E-state index contributed by atoms with van der Waals surface area (Å²) in [5.41, 5.74) is 2.79. The van der Waals surface area contributed by atoms with E-state index in [2.05, 4.69) is 25.8 Å². The summed E-state index contributed by atoms with van der Waals surface area (Å²) in [7, 11) is 0. The average Bonchev–Trinajstić information content (AvgIpc) is 2.92. The number of rotatable bonds is 2. The molecule has 0 unspecified atom stereocenters. The number of aromatic nitrogens is 1. The van der Waals surface area contributed by atoms with Crippen molar-refractivity contribution < 1.29 is 4.79 Å². The fraction of sp³-hybridized carbons (Fsp3) is 0.300. The first-order valence-electron chi connectivity index (χ1n) is 8.28. The number of aryl methyl sites for hydroxylation is 1. The zero-order valence-corrected chi connectivity index (χ0v) is 16.4. The third-order valence-corrected chi connectivity index (χ3v) is 5.51. The van der Waals surface area contributed by atoms with Crippen molar-refractivity contribution >= 4 is 39.1 Å². The first kappa shape index (κ1) is 17.9. The van der Waals surface area contributed by atoms with E-state index in [0.29, 0.717) is 21.9 Å². The third-order valence-electron chi connectivity index (χ3n) is 4.16. The van der Waals surface area contributed by atoms with Gasteiger partial charge in [0.2, 0.25) is 0 Å². The summed E-state index contributed by atoms with van der Waals surface area (Å²) in [4.78, 5) is 17.6. The fourth-order valence-corrected chi connectivity index (χ4v) is 4.18. The van der Waals surface area contributed by atoms with Crippen molar-refractivity contribution in [3.63, 3.8) is 0 Å². The van der Waals surface area contributed by atoms with Crippen molar-refractivity contribution in [3.05, 3.63) is 63.4 Å². The summed E-state index contributed by atoms with van der Waals surface area (Å²) in [5.74, 6) is -0.231. The summed E-state index contributed by atoms with van der Waals surface area (Å²) in [6.45, 7) is 9.19. The van der Waals surface area contributed by atoms with Crippen LogP contribution < -0.4 is 4.80 Å². The Balaban J connectivity index is 2.05. The number of carbonyl (C=O) groups is 1. The molecule has 25 heavy (non-hydrogen) atoms. The molecule has 0 spiro atoms. The maximum absolute atomic E-state index is 12.6. The van der Waals surface area contributed by atoms with Crippen LogP contribution in [0.3, 0.4) is 0 Å². The van der Waals surface area contributed by atoms with Gasteiger partial charge in [0.05, 0.1) is 15.2 Å².